The van der Waals surface area contributed by atoms with E-state index in [0.717, 1.165) is 11.7 Å². The van der Waals surface area contributed by atoms with Gasteiger partial charge in [-0.2, -0.15) is 0 Å². The first-order valence-corrected chi connectivity index (χ1v) is 6.53. The highest BCUT2D eigenvalue weighted by atomic mass is 32.7. The maximum Gasteiger partial charge on any atom is 0.117 e. The molecule has 0 heterocycles. The molecular weight excluding hydrogens is 199 g/mol. The van der Waals surface area contributed by atoms with Crippen LogP contribution in [0.2, 0.25) is 0 Å². The van der Waals surface area contributed by atoms with Crippen LogP contribution in [0.15, 0.2) is 43.0 Å². The molecule has 0 spiro atoms. The smallest absolute Gasteiger partial charge is 0.117 e. The Bertz CT molecular complexity index is 250. The van der Waals surface area contributed by atoms with Crippen molar-refractivity contribution < 1.29 is 4.52 Å². The van der Waals surface area contributed by atoms with E-state index in [-0.39, 0.29) is 0 Å². The summed E-state index contributed by atoms with van der Waals surface area (Å²) in [6.07, 6.45) is 2.73. The summed E-state index contributed by atoms with van der Waals surface area (Å²) < 4.78 is 5.53. The topological polar surface area (TPSA) is 9.23 Å². The standard InChI is InChI=1S/C10H13OPS/c1-2-3-9-11-12(13)10-7-5-4-6-8-10/h2,4-8,13H,1,3,9H2. The lowest BCUT2D eigenvalue weighted by molar-refractivity contribution is 0.373. The summed E-state index contributed by atoms with van der Waals surface area (Å²) in [4.78, 5) is 0. The fraction of sp³-hybridized carbons (Fsp3) is 0.200. The summed E-state index contributed by atoms with van der Waals surface area (Å²) in [6, 6.07) is 10.1. The summed E-state index contributed by atoms with van der Waals surface area (Å²) in [5.41, 5.74) is 0. The molecule has 0 aliphatic heterocycles. The monoisotopic (exact) mass is 212 g/mol. The van der Waals surface area contributed by atoms with Gasteiger partial charge in [0.15, 0.2) is 0 Å². The molecule has 1 rings (SSSR count). The molecule has 1 atom stereocenters. The summed E-state index contributed by atoms with van der Waals surface area (Å²) in [5.74, 6) is 0. The molecule has 0 radical (unpaired) electrons. The Kier molecular flexibility index (Phi) is 5.14. The van der Waals surface area contributed by atoms with E-state index >= 15 is 0 Å². The summed E-state index contributed by atoms with van der Waals surface area (Å²) >= 11 is 4.40. The van der Waals surface area contributed by atoms with E-state index in [1.807, 2.05) is 36.4 Å². The molecule has 1 nitrogen and oxygen atoms in total. The van der Waals surface area contributed by atoms with Gasteiger partial charge in [-0.15, -0.1) is 18.8 Å². The molecule has 0 saturated carbocycles. The van der Waals surface area contributed by atoms with E-state index in [1.54, 1.807) is 0 Å². The van der Waals surface area contributed by atoms with Crippen LogP contribution in [0.5, 0.6) is 0 Å². The molecule has 0 amide bonds. The van der Waals surface area contributed by atoms with Crippen LogP contribution in [0, 0.1) is 0 Å². The number of thiol groups is 1. The maximum atomic E-state index is 5.53. The predicted molar refractivity (Wildman–Crippen MR) is 62.7 cm³/mol. The van der Waals surface area contributed by atoms with Crippen molar-refractivity contribution in [3.8, 4) is 0 Å². The van der Waals surface area contributed by atoms with Gasteiger partial charge in [-0.05, 0) is 6.42 Å². The third-order valence-corrected chi connectivity index (χ3v) is 3.72. The Morgan fingerprint density at radius 1 is 1.38 bits per heavy atom. The Morgan fingerprint density at radius 3 is 2.69 bits per heavy atom. The lowest BCUT2D eigenvalue weighted by Gasteiger charge is -2.10. The van der Waals surface area contributed by atoms with E-state index in [4.69, 9.17) is 4.52 Å². The minimum Gasteiger partial charge on any atom is -0.343 e. The number of hydrogen-bond donors (Lipinski definition) is 1. The highest BCUT2D eigenvalue weighted by molar-refractivity contribution is 8.46. The molecular formula is C10H13OPS. The fourth-order valence-corrected chi connectivity index (χ4v) is 2.35. The molecule has 0 aromatic heterocycles. The molecule has 0 aliphatic rings. The first-order chi connectivity index (χ1) is 6.34. The summed E-state index contributed by atoms with van der Waals surface area (Å²) in [7, 11) is -0.741. The van der Waals surface area contributed by atoms with E-state index in [9.17, 15) is 0 Å². The van der Waals surface area contributed by atoms with Crippen LogP contribution >= 0.6 is 19.6 Å². The first-order valence-electron chi connectivity index (χ1n) is 4.12. The molecule has 1 aromatic rings. The maximum absolute atomic E-state index is 5.53. The van der Waals surface area contributed by atoms with Crippen molar-refractivity contribution in [1.82, 2.24) is 0 Å². The minimum absolute atomic E-state index is 0.702. The highest BCUT2D eigenvalue weighted by Crippen LogP contribution is 2.40. The van der Waals surface area contributed by atoms with Crippen molar-refractivity contribution in [3.05, 3.63) is 43.0 Å². The first kappa shape index (κ1) is 10.8. The third-order valence-electron chi connectivity index (χ3n) is 1.51. The van der Waals surface area contributed by atoms with Crippen LogP contribution in [-0.2, 0) is 4.52 Å². The van der Waals surface area contributed by atoms with Crippen molar-refractivity contribution in [2.75, 3.05) is 6.61 Å². The zero-order chi connectivity index (χ0) is 9.52. The highest BCUT2D eigenvalue weighted by Gasteiger charge is 2.04. The lowest BCUT2D eigenvalue weighted by atomic mass is 10.4. The average molecular weight is 212 g/mol. The minimum atomic E-state index is -0.741. The predicted octanol–water partition coefficient (Wildman–Crippen LogP) is 3.15. The summed E-state index contributed by atoms with van der Waals surface area (Å²) in [6.45, 7) is 4.33. The van der Waals surface area contributed by atoms with E-state index in [1.165, 1.54) is 0 Å². The molecule has 0 saturated heterocycles. The van der Waals surface area contributed by atoms with Gasteiger partial charge in [0.25, 0.3) is 0 Å². The van der Waals surface area contributed by atoms with Gasteiger partial charge in [0.2, 0.25) is 0 Å². The Balaban J connectivity index is 2.39. The van der Waals surface area contributed by atoms with E-state index < -0.39 is 7.35 Å². The number of benzene rings is 1. The van der Waals surface area contributed by atoms with Crippen molar-refractivity contribution in [2.45, 2.75) is 6.42 Å². The van der Waals surface area contributed by atoms with Gasteiger partial charge in [-0.25, -0.2) is 0 Å². The molecule has 3 heteroatoms. The van der Waals surface area contributed by atoms with E-state index in [0.29, 0.717) is 6.61 Å². The fourth-order valence-electron chi connectivity index (χ4n) is 0.853. The van der Waals surface area contributed by atoms with Crippen LogP contribution in [0.25, 0.3) is 0 Å². The van der Waals surface area contributed by atoms with Crippen molar-refractivity contribution in [1.29, 1.82) is 0 Å². The van der Waals surface area contributed by atoms with Crippen LogP contribution < -0.4 is 5.30 Å². The average Bonchev–Trinajstić information content (AvgIpc) is 2.19. The van der Waals surface area contributed by atoms with Crippen molar-refractivity contribution in [3.63, 3.8) is 0 Å². The molecule has 0 fully saturated rings. The van der Waals surface area contributed by atoms with Gasteiger partial charge < -0.3 is 4.52 Å². The molecule has 70 valence electrons. The molecule has 0 N–H and O–H groups in total. The normalized spacial score (nSPS) is 12.4. The van der Waals surface area contributed by atoms with Gasteiger partial charge in [0.1, 0.15) is 7.35 Å². The van der Waals surface area contributed by atoms with Crippen molar-refractivity contribution >= 4 is 24.9 Å². The molecule has 1 unspecified atom stereocenters. The molecule has 0 aliphatic carbocycles. The number of rotatable bonds is 5. The quantitative estimate of drug-likeness (QED) is 0.341. The lowest BCUT2D eigenvalue weighted by Crippen LogP contribution is -1.98. The van der Waals surface area contributed by atoms with Crippen LogP contribution in [-0.4, -0.2) is 6.61 Å². The van der Waals surface area contributed by atoms with Gasteiger partial charge >= 0.3 is 0 Å². The number of hydrogen-bond acceptors (Lipinski definition) is 2. The van der Waals surface area contributed by atoms with Gasteiger partial charge in [0, 0.05) is 5.30 Å². The zero-order valence-corrected chi connectivity index (χ0v) is 9.18. The second-order valence-electron chi connectivity index (χ2n) is 2.52. The van der Waals surface area contributed by atoms with Crippen LogP contribution in [0.4, 0.5) is 0 Å². The Hall–Kier alpha value is -0.300. The van der Waals surface area contributed by atoms with E-state index in [2.05, 4.69) is 18.8 Å². The SMILES string of the molecule is C=CCCOP(S)c1ccccc1. The molecule has 13 heavy (non-hydrogen) atoms. The van der Waals surface area contributed by atoms with Crippen LogP contribution in [0.1, 0.15) is 6.42 Å². The van der Waals surface area contributed by atoms with Gasteiger partial charge in [0.05, 0.1) is 6.61 Å². The summed E-state index contributed by atoms with van der Waals surface area (Å²) in [5, 5.41) is 1.16. The molecule has 0 bridgehead atoms. The largest absolute Gasteiger partial charge is 0.343 e. The Labute approximate surface area is 85.8 Å². The third kappa shape index (κ3) is 3.95. The van der Waals surface area contributed by atoms with Gasteiger partial charge in [-0.1, -0.05) is 36.4 Å². The zero-order valence-electron chi connectivity index (χ0n) is 7.39. The van der Waals surface area contributed by atoms with Gasteiger partial charge in [-0.3, -0.25) is 0 Å². The van der Waals surface area contributed by atoms with Crippen LogP contribution in [0.3, 0.4) is 0 Å². The second kappa shape index (κ2) is 6.20. The molecule has 1 aromatic carbocycles. The second-order valence-corrected chi connectivity index (χ2v) is 4.93. The van der Waals surface area contributed by atoms with Crippen molar-refractivity contribution in [2.24, 2.45) is 0 Å². The Morgan fingerprint density at radius 2 is 2.08 bits per heavy atom.